The number of benzene rings is 5. The van der Waals surface area contributed by atoms with Crippen LogP contribution in [0.1, 0.15) is 0 Å². The van der Waals surface area contributed by atoms with Crippen molar-refractivity contribution in [2.75, 3.05) is 0 Å². The van der Waals surface area contributed by atoms with Crippen LogP contribution in [-0.4, -0.2) is 11.1 Å². The maximum Gasteiger partial charge on any atom is 0.246 e. The Labute approximate surface area is 186 Å². The van der Waals surface area contributed by atoms with E-state index in [1.807, 2.05) is 0 Å². The Balaban J connectivity index is 1.61. The number of fused-ring (bicyclic) bond motifs is 2. The highest BCUT2D eigenvalue weighted by atomic mass is 14.9. The zero-order valence-corrected chi connectivity index (χ0v) is 17.4. The first-order valence-corrected chi connectivity index (χ1v) is 11.3. The van der Waals surface area contributed by atoms with E-state index < -0.39 is 0 Å². The quantitative estimate of drug-likeness (QED) is 0.344. The van der Waals surface area contributed by atoms with E-state index in [-0.39, 0.29) is 6.71 Å². The van der Waals surface area contributed by atoms with Crippen molar-refractivity contribution in [3.63, 3.8) is 0 Å². The van der Waals surface area contributed by atoms with Gasteiger partial charge in [-0.1, -0.05) is 103 Å². The van der Waals surface area contributed by atoms with Crippen LogP contribution in [0, 0.1) is 0 Å². The first-order valence-electron chi connectivity index (χ1n) is 11.3. The van der Waals surface area contributed by atoms with Crippen molar-refractivity contribution >= 4 is 61.2 Å². The minimum atomic E-state index is 0.259. The SMILES string of the molecule is c1ccc(B2c3cccc4c5cc(-c6ccccc6)cc6c7cccc2c7n(c34)c56)cc1. The van der Waals surface area contributed by atoms with E-state index in [1.165, 1.54) is 65.6 Å². The lowest BCUT2D eigenvalue weighted by atomic mass is 9.36. The minimum absolute atomic E-state index is 0.259. The molecule has 0 atom stereocenters. The lowest BCUT2D eigenvalue weighted by molar-refractivity contribution is 1.38. The monoisotopic (exact) mass is 403 g/mol. The molecule has 3 heterocycles. The molecule has 0 radical (unpaired) electrons. The fraction of sp³-hybridized carbons (Fsp3) is 0. The summed E-state index contributed by atoms with van der Waals surface area (Å²) in [6, 6.07) is 40.3. The molecule has 1 aliphatic heterocycles. The van der Waals surface area contributed by atoms with Gasteiger partial charge in [0.25, 0.3) is 0 Å². The van der Waals surface area contributed by atoms with Gasteiger partial charge in [-0.2, -0.15) is 0 Å². The molecule has 32 heavy (non-hydrogen) atoms. The van der Waals surface area contributed by atoms with E-state index in [4.69, 9.17) is 0 Å². The third-order valence-corrected chi connectivity index (χ3v) is 7.36. The van der Waals surface area contributed by atoms with Gasteiger partial charge in [0.2, 0.25) is 6.71 Å². The van der Waals surface area contributed by atoms with Crippen LogP contribution in [0.25, 0.3) is 49.2 Å². The van der Waals surface area contributed by atoms with Crippen molar-refractivity contribution in [3.05, 3.63) is 109 Å². The van der Waals surface area contributed by atoms with Crippen LogP contribution in [0.2, 0.25) is 0 Å². The second-order valence-corrected chi connectivity index (χ2v) is 8.95. The van der Waals surface area contributed by atoms with Gasteiger partial charge in [0.15, 0.2) is 0 Å². The van der Waals surface area contributed by atoms with Gasteiger partial charge in [0.05, 0.1) is 5.52 Å². The highest BCUT2D eigenvalue weighted by molar-refractivity contribution is 6.98. The fourth-order valence-corrected chi connectivity index (χ4v) is 6.11. The molecule has 0 bridgehead atoms. The number of nitrogens with zero attached hydrogens (tertiary/aromatic N) is 1. The Bertz CT molecular complexity index is 1720. The van der Waals surface area contributed by atoms with E-state index in [2.05, 4.69) is 114 Å². The third kappa shape index (κ3) is 1.91. The maximum absolute atomic E-state index is 2.55. The average Bonchev–Trinajstić information content (AvgIpc) is 3.38. The summed E-state index contributed by atoms with van der Waals surface area (Å²) in [4.78, 5) is 0. The van der Waals surface area contributed by atoms with E-state index in [9.17, 15) is 0 Å². The lowest BCUT2D eigenvalue weighted by Crippen LogP contribution is -2.54. The standard InChI is InChI=1S/C30H18BN/c1-3-9-19(10-4-1)20-17-24-22-13-7-15-26-29(22)32-28(24)25(18-20)23-14-8-16-27(30(23)32)31(26)21-11-5-2-6-12-21/h1-18H. The predicted octanol–water partition coefficient (Wildman–Crippen LogP) is 5.33. The first kappa shape index (κ1) is 16.6. The molecule has 0 N–H and O–H groups in total. The van der Waals surface area contributed by atoms with Crippen molar-refractivity contribution in [2.45, 2.75) is 0 Å². The maximum atomic E-state index is 2.55. The molecule has 0 spiro atoms. The van der Waals surface area contributed by atoms with Crippen LogP contribution in [-0.2, 0) is 0 Å². The molecule has 0 fully saturated rings. The molecule has 0 saturated carbocycles. The van der Waals surface area contributed by atoms with Crippen molar-refractivity contribution < 1.29 is 0 Å². The van der Waals surface area contributed by atoms with Gasteiger partial charge < -0.3 is 4.40 Å². The molecular formula is C30H18BN. The summed E-state index contributed by atoms with van der Waals surface area (Å²) in [5.74, 6) is 0. The van der Waals surface area contributed by atoms with Crippen molar-refractivity contribution in [1.82, 2.24) is 4.40 Å². The molecule has 8 rings (SSSR count). The number of aromatic nitrogens is 1. The topological polar surface area (TPSA) is 4.41 Å². The molecule has 5 aromatic carbocycles. The lowest BCUT2D eigenvalue weighted by Gasteiger charge is -2.22. The van der Waals surface area contributed by atoms with Crippen LogP contribution < -0.4 is 16.4 Å². The number of rotatable bonds is 2. The second-order valence-electron chi connectivity index (χ2n) is 8.95. The Hall–Kier alpha value is -4.04. The summed E-state index contributed by atoms with van der Waals surface area (Å²) in [7, 11) is 0. The third-order valence-electron chi connectivity index (χ3n) is 7.36. The van der Waals surface area contributed by atoms with Crippen molar-refractivity contribution in [1.29, 1.82) is 0 Å². The van der Waals surface area contributed by atoms with Crippen molar-refractivity contribution in [3.8, 4) is 11.1 Å². The van der Waals surface area contributed by atoms with E-state index in [0.29, 0.717) is 0 Å². The number of hydrogen-bond donors (Lipinski definition) is 0. The Morgan fingerprint density at radius 1 is 0.438 bits per heavy atom. The molecule has 1 nitrogen and oxygen atoms in total. The van der Waals surface area contributed by atoms with Gasteiger partial charge in [-0.05, 0) is 34.2 Å². The zero-order chi connectivity index (χ0) is 20.8. The van der Waals surface area contributed by atoms with Crippen LogP contribution in [0.3, 0.4) is 0 Å². The summed E-state index contributed by atoms with van der Waals surface area (Å²) in [6.07, 6.45) is 0. The Kier molecular flexibility index (Phi) is 3.02. The second kappa shape index (κ2) is 5.80. The summed E-state index contributed by atoms with van der Waals surface area (Å²) >= 11 is 0. The van der Waals surface area contributed by atoms with Gasteiger partial charge in [-0.3, -0.25) is 0 Å². The fourth-order valence-electron chi connectivity index (χ4n) is 6.11. The number of hydrogen-bond acceptors (Lipinski definition) is 0. The molecule has 0 amide bonds. The summed E-state index contributed by atoms with van der Waals surface area (Å²) in [5.41, 5.74) is 10.8. The van der Waals surface area contributed by atoms with Gasteiger partial charge in [0, 0.05) is 32.6 Å². The molecular weight excluding hydrogens is 385 g/mol. The molecule has 2 heteroatoms. The predicted molar refractivity (Wildman–Crippen MR) is 138 cm³/mol. The molecule has 0 aliphatic carbocycles. The zero-order valence-electron chi connectivity index (χ0n) is 17.4. The number of para-hydroxylation sites is 2. The highest BCUT2D eigenvalue weighted by Crippen LogP contribution is 2.41. The summed E-state index contributed by atoms with van der Waals surface area (Å²) in [6.45, 7) is 0.259. The molecule has 7 aromatic rings. The molecule has 0 saturated heterocycles. The van der Waals surface area contributed by atoms with Crippen LogP contribution in [0.4, 0.5) is 0 Å². The van der Waals surface area contributed by atoms with Gasteiger partial charge >= 0.3 is 0 Å². The van der Waals surface area contributed by atoms with Gasteiger partial charge in [-0.25, -0.2) is 0 Å². The largest absolute Gasteiger partial charge is 0.309 e. The molecule has 2 aromatic heterocycles. The van der Waals surface area contributed by atoms with Crippen LogP contribution >= 0.6 is 0 Å². The molecule has 0 unspecified atom stereocenters. The van der Waals surface area contributed by atoms with E-state index in [1.54, 1.807) is 0 Å². The normalized spacial score (nSPS) is 12.9. The van der Waals surface area contributed by atoms with Crippen LogP contribution in [0.5, 0.6) is 0 Å². The molecule has 146 valence electrons. The average molecular weight is 403 g/mol. The molecule has 1 aliphatic rings. The highest BCUT2D eigenvalue weighted by Gasteiger charge is 2.33. The first-order chi connectivity index (χ1) is 15.9. The minimum Gasteiger partial charge on any atom is -0.309 e. The van der Waals surface area contributed by atoms with Gasteiger partial charge in [-0.15, -0.1) is 0 Å². The Morgan fingerprint density at radius 2 is 1.00 bits per heavy atom. The Morgan fingerprint density at radius 3 is 1.59 bits per heavy atom. The van der Waals surface area contributed by atoms with Crippen molar-refractivity contribution in [2.24, 2.45) is 0 Å². The summed E-state index contributed by atoms with van der Waals surface area (Å²) in [5, 5.41) is 5.43. The smallest absolute Gasteiger partial charge is 0.246 e. The van der Waals surface area contributed by atoms with E-state index in [0.717, 1.165) is 0 Å². The summed E-state index contributed by atoms with van der Waals surface area (Å²) < 4.78 is 2.55. The van der Waals surface area contributed by atoms with E-state index >= 15 is 0 Å². The van der Waals surface area contributed by atoms with Gasteiger partial charge in [0.1, 0.15) is 0 Å². The van der Waals surface area contributed by atoms with Crippen LogP contribution in [0.15, 0.2) is 109 Å².